The molecule has 4 heteroatoms. The van der Waals surface area contributed by atoms with Gasteiger partial charge in [0, 0.05) is 30.3 Å². The summed E-state index contributed by atoms with van der Waals surface area (Å²) < 4.78 is 27.0. The molecule has 0 spiro atoms. The first-order valence-electron chi connectivity index (χ1n) is 7.08. The molecule has 1 aliphatic rings. The molecule has 0 bridgehead atoms. The average Bonchev–Trinajstić information content (AvgIpc) is 2.39. The quantitative estimate of drug-likeness (QED) is 0.902. The highest BCUT2D eigenvalue weighted by Gasteiger charge is 2.29. The lowest BCUT2D eigenvalue weighted by atomic mass is 9.91. The van der Waals surface area contributed by atoms with E-state index in [4.69, 9.17) is 0 Å². The zero-order valence-electron chi connectivity index (χ0n) is 11.6. The fourth-order valence-electron chi connectivity index (χ4n) is 2.96. The van der Waals surface area contributed by atoms with Gasteiger partial charge in [-0.1, -0.05) is 19.9 Å². The van der Waals surface area contributed by atoms with Gasteiger partial charge < -0.3 is 5.32 Å². The van der Waals surface area contributed by atoms with Gasteiger partial charge in [-0.15, -0.1) is 0 Å². The molecule has 1 fully saturated rings. The molecule has 0 amide bonds. The number of nitrogens with zero attached hydrogens (tertiary/aromatic N) is 1. The number of hydrogen-bond acceptors (Lipinski definition) is 2. The Morgan fingerprint density at radius 2 is 2.11 bits per heavy atom. The number of rotatable bonds is 4. The number of halogens is 2. The van der Waals surface area contributed by atoms with Gasteiger partial charge in [0.25, 0.3) is 0 Å². The van der Waals surface area contributed by atoms with Crippen LogP contribution in [0.2, 0.25) is 0 Å². The van der Waals surface area contributed by atoms with Crippen molar-refractivity contribution in [3.63, 3.8) is 0 Å². The Morgan fingerprint density at radius 1 is 1.32 bits per heavy atom. The first-order valence-corrected chi connectivity index (χ1v) is 7.08. The number of nitrogens with one attached hydrogen (secondary N) is 1. The maximum absolute atomic E-state index is 14.0. The van der Waals surface area contributed by atoms with Crippen LogP contribution < -0.4 is 5.32 Å². The van der Waals surface area contributed by atoms with E-state index in [9.17, 15) is 8.78 Å². The van der Waals surface area contributed by atoms with Crippen molar-refractivity contribution in [2.45, 2.75) is 38.8 Å². The third kappa shape index (κ3) is 3.31. The van der Waals surface area contributed by atoms with Crippen LogP contribution >= 0.6 is 0 Å². The fraction of sp³-hybridized carbons (Fsp3) is 0.600. The van der Waals surface area contributed by atoms with Crippen molar-refractivity contribution in [2.24, 2.45) is 0 Å². The minimum Gasteiger partial charge on any atom is -0.314 e. The highest BCUT2D eigenvalue weighted by Crippen LogP contribution is 2.32. The molecule has 2 nitrogen and oxygen atoms in total. The molecule has 2 rings (SSSR count). The summed E-state index contributed by atoms with van der Waals surface area (Å²) in [5, 5.41) is 3.44. The van der Waals surface area contributed by atoms with Crippen molar-refractivity contribution >= 4 is 0 Å². The third-order valence-corrected chi connectivity index (χ3v) is 3.93. The number of hydrogen-bond donors (Lipinski definition) is 1. The molecule has 0 aliphatic carbocycles. The lowest BCUT2D eigenvalue weighted by molar-refractivity contribution is 0.129. The molecule has 19 heavy (non-hydrogen) atoms. The van der Waals surface area contributed by atoms with E-state index in [0.29, 0.717) is 11.6 Å². The van der Waals surface area contributed by atoms with Crippen LogP contribution in [0.15, 0.2) is 18.2 Å². The Balaban J connectivity index is 2.22. The summed E-state index contributed by atoms with van der Waals surface area (Å²) in [6.07, 6.45) is 1.96. The summed E-state index contributed by atoms with van der Waals surface area (Å²) in [6.45, 7) is 6.94. The zero-order chi connectivity index (χ0) is 13.8. The smallest absolute Gasteiger partial charge is 0.130 e. The average molecular weight is 268 g/mol. The maximum Gasteiger partial charge on any atom is 0.130 e. The third-order valence-electron chi connectivity index (χ3n) is 3.93. The number of likely N-dealkylation sites (tertiary alicyclic amines) is 1. The summed E-state index contributed by atoms with van der Waals surface area (Å²) in [6, 6.07) is 4.39. The second-order valence-electron chi connectivity index (χ2n) is 5.09. The Labute approximate surface area is 113 Å². The summed E-state index contributed by atoms with van der Waals surface area (Å²) in [7, 11) is 0. The second kappa shape index (κ2) is 6.44. The van der Waals surface area contributed by atoms with E-state index in [0.717, 1.165) is 38.5 Å². The minimum atomic E-state index is -0.511. The number of benzene rings is 1. The van der Waals surface area contributed by atoms with E-state index < -0.39 is 11.6 Å². The van der Waals surface area contributed by atoms with E-state index in [-0.39, 0.29) is 6.04 Å². The topological polar surface area (TPSA) is 15.3 Å². The van der Waals surface area contributed by atoms with Gasteiger partial charge >= 0.3 is 0 Å². The van der Waals surface area contributed by atoms with Crippen LogP contribution in [0.4, 0.5) is 8.78 Å². The first kappa shape index (κ1) is 14.4. The zero-order valence-corrected chi connectivity index (χ0v) is 11.6. The van der Waals surface area contributed by atoms with E-state index in [2.05, 4.69) is 24.1 Å². The molecule has 106 valence electrons. The van der Waals surface area contributed by atoms with Gasteiger partial charge in [0.1, 0.15) is 11.6 Å². The molecule has 1 N–H and O–H groups in total. The largest absolute Gasteiger partial charge is 0.314 e. The molecule has 0 radical (unpaired) electrons. The standard InChI is InChI=1S/C15H22F2N2/c1-3-18-12-7-8-19(4-2)15(10-12)13-6-5-11(16)9-14(13)17/h5-6,9,12,15,18H,3-4,7-8,10H2,1-2H3. The Bertz CT molecular complexity index is 423. The van der Waals surface area contributed by atoms with Crippen LogP contribution in [0.25, 0.3) is 0 Å². The van der Waals surface area contributed by atoms with Crippen LogP contribution in [-0.2, 0) is 0 Å². The van der Waals surface area contributed by atoms with E-state index in [1.807, 2.05) is 0 Å². The SMILES string of the molecule is CCNC1CCN(CC)C(c2ccc(F)cc2F)C1. The van der Waals surface area contributed by atoms with Gasteiger partial charge in [-0.2, -0.15) is 0 Å². The molecule has 1 heterocycles. The molecule has 0 saturated carbocycles. The molecule has 1 aliphatic heterocycles. The number of piperidine rings is 1. The second-order valence-corrected chi connectivity index (χ2v) is 5.09. The van der Waals surface area contributed by atoms with Crippen molar-refractivity contribution in [3.8, 4) is 0 Å². The summed E-state index contributed by atoms with van der Waals surface area (Å²) in [4.78, 5) is 2.27. The van der Waals surface area contributed by atoms with Crippen molar-refractivity contribution in [3.05, 3.63) is 35.4 Å². The van der Waals surface area contributed by atoms with Crippen molar-refractivity contribution in [1.82, 2.24) is 10.2 Å². The van der Waals surface area contributed by atoms with Gasteiger partial charge in [-0.3, -0.25) is 4.90 Å². The molecule has 2 unspecified atom stereocenters. The Hall–Kier alpha value is -1.00. The van der Waals surface area contributed by atoms with Gasteiger partial charge in [0.15, 0.2) is 0 Å². The van der Waals surface area contributed by atoms with E-state index in [1.165, 1.54) is 6.07 Å². The van der Waals surface area contributed by atoms with Crippen LogP contribution in [0.3, 0.4) is 0 Å². The summed E-state index contributed by atoms with van der Waals surface area (Å²) >= 11 is 0. The Kier molecular flexibility index (Phi) is 4.88. The van der Waals surface area contributed by atoms with Crippen molar-refractivity contribution < 1.29 is 8.78 Å². The molecule has 1 aromatic carbocycles. The van der Waals surface area contributed by atoms with Crippen LogP contribution in [0.5, 0.6) is 0 Å². The normalized spacial score (nSPS) is 24.6. The summed E-state index contributed by atoms with van der Waals surface area (Å²) in [5.74, 6) is -0.941. The monoisotopic (exact) mass is 268 g/mol. The van der Waals surface area contributed by atoms with Crippen LogP contribution in [-0.4, -0.2) is 30.6 Å². The molecular weight excluding hydrogens is 246 g/mol. The van der Waals surface area contributed by atoms with Crippen LogP contribution in [0.1, 0.15) is 38.3 Å². The van der Waals surface area contributed by atoms with Crippen molar-refractivity contribution in [1.29, 1.82) is 0 Å². The fourth-order valence-corrected chi connectivity index (χ4v) is 2.96. The molecule has 1 aromatic rings. The highest BCUT2D eigenvalue weighted by atomic mass is 19.1. The predicted molar refractivity (Wildman–Crippen MR) is 73.0 cm³/mol. The minimum absolute atomic E-state index is 0.0448. The van der Waals surface area contributed by atoms with Gasteiger partial charge in [-0.25, -0.2) is 8.78 Å². The molecule has 1 saturated heterocycles. The molecule has 0 aromatic heterocycles. The van der Waals surface area contributed by atoms with E-state index in [1.54, 1.807) is 6.07 Å². The molecular formula is C15H22F2N2. The van der Waals surface area contributed by atoms with Gasteiger partial charge in [0.2, 0.25) is 0 Å². The maximum atomic E-state index is 14.0. The van der Waals surface area contributed by atoms with Gasteiger partial charge in [0.05, 0.1) is 0 Å². The summed E-state index contributed by atoms with van der Waals surface area (Å²) in [5.41, 5.74) is 0.617. The highest BCUT2D eigenvalue weighted by molar-refractivity contribution is 5.23. The molecule has 2 atom stereocenters. The van der Waals surface area contributed by atoms with Crippen molar-refractivity contribution in [2.75, 3.05) is 19.6 Å². The Morgan fingerprint density at radius 3 is 2.74 bits per heavy atom. The van der Waals surface area contributed by atoms with Gasteiger partial charge in [-0.05, 0) is 32.0 Å². The predicted octanol–water partition coefficient (Wildman–Crippen LogP) is 3.10. The first-order chi connectivity index (χ1) is 9.15. The van der Waals surface area contributed by atoms with Crippen LogP contribution in [0, 0.1) is 11.6 Å². The lowest BCUT2D eigenvalue weighted by Gasteiger charge is -2.39. The lowest BCUT2D eigenvalue weighted by Crippen LogP contribution is -2.44. The van der Waals surface area contributed by atoms with E-state index >= 15 is 0 Å².